The average Bonchev–Trinajstić information content (AvgIpc) is 3.06. The predicted molar refractivity (Wildman–Crippen MR) is 101 cm³/mol. The number of carbonyl (C=O) groups is 3. The van der Waals surface area contributed by atoms with Crippen LogP contribution >= 0.6 is 0 Å². The Kier molecular flexibility index (Phi) is 6.48. The predicted octanol–water partition coefficient (Wildman–Crippen LogP) is 2.18. The lowest BCUT2D eigenvalue weighted by molar-refractivity contribution is -0.138. The van der Waals surface area contributed by atoms with Gasteiger partial charge in [0.2, 0.25) is 11.8 Å². The van der Waals surface area contributed by atoms with Crippen LogP contribution in [0.4, 0.5) is 0 Å². The second-order valence-corrected chi connectivity index (χ2v) is 7.70. The van der Waals surface area contributed by atoms with Crippen LogP contribution in [0.2, 0.25) is 0 Å². The number of piperidine rings is 1. The highest BCUT2D eigenvalue weighted by atomic mass is 16.4. The minimum Gasteiger partial charge on any atom is -0.481 e. The SMILES string of the molecule is O=C(O)CC[C@H]1CCCN(C(=O)[C@@H]2CC(=O)N(CCc3ccccc3)C2)C1. The monoisotopic (exact) mass is 372 g/mol. The van der Waals surface area contributed by atoms with E-state index in [4.69, 9.17) is 5.11 Å². The van der Waals surface area contributed by atoms with Crippen molar-refractivity contribution < 1.29 is 19.5 Å². The first-order chi connectivity index (χ1) is 13.0. The zero-order valence-corrected chi connectivity index (χ0v) is 15.7. The summed E-state index contributed by atoms with van der Waals surface area (Å²) in [5.41, 5.74) is 1.19. The number of carbonyl (C=O) groups excluding carboxylic acids is 2. The average molecular weight is 372 g/mol. The van der Waals surface area contributed by atoms with Crippen LogP contribution in [-0.4, -0.2) is 58.9 Å². The second-order valence-electron chi connectivity index (χ2n) is 7.70. The molecule has 6 nitrogen and oxygen atoms in total. The summed E-state index contributed by atoms with van der Waals surface area (Å²) in [5, 5.41) is 8.86. The molecule has 1 aromatic carbocycles. The minimum absolute atomic E-state index is 0.0590. The van der Waals surface area contributed by atoms with Crippen molar-refractivity contribution in [2.75, 3.05) is 26.2 Å². The van der Waals surface area contributed by atoms with Crippen LogP contribution in [0.15, 0.2) is 30.3 Å². The Morgan fingerprint density at radius 2 is 1.93 bits per heavy atom. The van der Waals surface area contributed by atoms with E-state index in [9.17, 15) is 14.4 Å². The van der Waals surface area contributed by atoms with Crippen LogP contribution in [-0.2, 0) is 20.8 Å². The summed E-state index contributed by atoms with van der Waals surface area (Å²) in [6.07, 6.45) is 3.75. The van der Waals surface area contributed by atoms with E-state index >= 15 is 0 Å². The summed E-state index contributed by atoms with van der Waals surface area (Å²) < 4.78 is 0. The Bertz CT molecular complexity index is 676. The first kappa shape index (κ1) is 19.4. The zero-order chi connectivity index (χ0) is 19.2. The van der Waals surface area contributed by atoms with E-state index in [0.717, 1.165) is 25.8 Å². The van der Waals surface area contributed by atoms with E-state index in [1.807, 2.05) is 35.2 Å². The molecular formula is C21H28N2O4. The smallest absolute Gasteiger partial charge is 0.303 e. The van der Waals surface area contributed by atoms with Crippen LogP contribution in [0.5, 0.6) is 0 Å². The van der Waals surface area contributed by atoms with E-state index in [0.29, 0.717) is 32.5 Å². The lowest BCUT2D eigenvalue weighted by Crippen LogP contribution is -2.43. The van der Waals surface area contributed by atoms with Gasteiger partial charge in [-0.3, -0.25) is 14.4 Å². The first-order valence-electron chi connectivity index (χ1n) is 9.85. The Balaban J connectivity index is 1.50. The number of carboxylic acid groups (broad SMARTS) is 1. The van der Waals surface area contributed by atoms with E-state index in [-0.39, 0.29) is 30.1 Å². The second kappa shape index (κ2) is 9.02. The number of nitrogens with zero attached hydrogens (tertiary/aromatic N) is 2. The summed E-state index contributed by atoms with van der Waals surface area (Å²) in [5.74, 6) is -0.667. The number of aliphatic carboxylic acids is 1. The topological polar surface area (TPSA) is 77.9 Å². The minimum atomic E-state index is -0.783. The number of hydrogen-bond acceptors (Lipinski definition) is 3. The Hall–Kier alpha value is -2.37. The Morgan fingerprint density at radius 3 is 2.67 bits per heavy atom. The highest BCUT2D eigenvalue weighted by Crippen LogP contribution is 2.26. The van der Waals surface area contributed by atoms with Crippen LogP contribution < -0.4 is 0 Å². The van der Waals surface area contributed by atoms with Crippen molar-refractivity contribution >= 4 is 17.8 Å². The van der Waals surface area contributed by atoms with Crippen molar-refractivity contribution in [2.45, 2.75) is 38.5 Å². The number of carboxylic acids is 1. The van der Waals surface area contributed by atoms with Gasteiger partial charge in [0.15, 0.2) is 0 Å². The molecule has 0 aliphatic carbocycles. The van der Waals surface area contributed by atoms with Gasteiger partial charge in [-0.2, -0.15) is 0 Å². The molecule has 1 N–H and O–H groups in total. The number of benzene rings is 1. The molecule has 0 aromatic heterocycles. The van der Waals surface area contributed by atoms with E-state index in [2.05, 4.69) is 0 Å². The third kappa shape index (κ3) is 5.31. The quantitative estimate of drug-likeness (QED) is 0.796. The highest BCUT2D eigenvalue weighted by molar-refractivity contribution is 5.89. The van der Waals surface area contributed by atoms with Gasteiger partial charge in [0, 0.05) is 39.0 Å². The zero-order valence-electron chi connectivity index (χ0n) is 15.7. The molecule has 146 valence electrons. The van der Waals surface area contributed by atoms with Crippen molar-refractivity contribution in [1.29, 1.82) is 0 Å². The van der Waals surface area contributed by atoms with Crippen molar-refractivity contribution in [3.05, 3.63) is 35.9 Å². The molecule has 0 unspecified atom stereocenters. The molecule has 0 radical (unpaired) electrons. The van der Waals surface area contributed by atoms with E-state index < -0.39 is 5.97 Å². The van der Waals surface area contributed by atoms with E-state index in [1.165, 1.54) is 5.56 Å². The lowest BCUT2D eigenvalue weighted by Gasteiger charge is -2.34. The maximum absolute atomic E-state index is 12.9. The highest BCUT2D eigenvalue weighted by Gasteiger charge is 2.37. The fourth-order valence-electron chi connectivity index (χ4n) is 4.15. The summed E-state index contributed by atoms with van der Waals surface area (Å²) >= 11 is 0. The molecule has 0 bridgehead atoms. The molecule has 0 spiro atoms. The molecule has 27 heavy (non-hydrogen) atoms. The van der Waals surface area contributed by atoms with Crippen molar-refractivity contribution in [3.63, 3.8) is 0 Å². The Labute approximate surface area is 160 Å². The Morgan fingerprint density at radius 1 is 1.15 bits per heavy atom. The normalized spacial score (nSPS) is 22.9. The number of likely N-dealkylation sites (tertiary alicyclic amines) is 2. The third-order valence-electron chi connectivity index (χ3n) is 5.67. The summed E-state index contributed by atoms with van der Waals surface area (Å²) in [7, 11) is 0. The summed E-state index contributed by atoms with van der Waals surface area (Å²) in [4.78, 5) is 39.6. The van der Waals surface area contributed by atoms with Gasteiger partial charge in [0.1, 0.15) is 0 Å². The van der Waals surface area contributed by atoms with Gasteiger partial charge in [-0.05, 0) is 37.2 Å². The number of rotatable bonds is 7. The van der Waals surface area contributed by atoms with Gasteiger partial charge in [-0.25, -0.2) is 0 Å². The van der Waals surface area contributed by atoms with Crippen LogP contribution in [0.3, 0.4) is 0 Å². The first-order valence-corrected chi connectivity index (χ1v) is 9.85. The van der Waals surface area contributed by atoms with Gasteiger partial charge in [-0.15, -0.1) is 0 Å². The molecular weight excluding hydrogens is 344 g/mol. The fraction of sp³-hybridized carbons (Fsp3) is 0.571. The van der Waals surface area contributed by atoms with Gasteiger partial charge in [0.05, 0.1) is 5.92 Å². The molecule has 3 rings (SSSR count). The number of amides is 2. The maximum Gasteiger partial charge on any atom is 0.303 e. The van der Waals surface area contributed by atoms with Crippen LogP contribution in [0, 0.1) is 11.8 Å². The number of hydrogen-bond donors (Lipinski definition) is 1. The molecule has 2 amide bonds. The molecule has 2 saturated heterocycles. The van der Waals surface area contributed by atoms with E-state index in [1.54, 1.807) is 4.90 Å². The van der Waals surface area contributed by atoms with Gasteiger partial charge >= 0.3 is 5.97 Å². The van der Waals surface area contributed by atoms with Crippen molar-refractivity contribution in [3.8, 4) is 0 Å². The maximum atomic E-state index is 12.9. The molecule has 2 fully saturated rings. The molecule has 2 atom stereocenters. The lowest BCUT2D eigenvalue weighted by atomic mass is 9.92. The molecule has 2 aliphatic heterocycles. The largest absolute Gasteiger partial charge is 0.481 e. The van der Waals surface area contributed by atoms with Crippen molar-refractivity contribution in [2.24, 2.45) is 11.8 Å². The molecule has 1 aromatic rings. The summed E-state index contributed by atoms with van der Waals surface area (Å²) in [6.45, 7) is 2.49. The molecule has 6 heteroatoms. The van der Waals surface area contributed by atoms with Crippen LogP contribution in [0.1, 0.15) is 37.7 Å². The van der Waals surface area contributed by atoms with Crippen molar-refractivity contribution in [1.82, 2.24) is 9.80 Å². The van der Waals surface area contributed by atoms with Gasteiger partial charge < -0.3 is 14.9 Å². The molecule has 0 saturated carbocycles. The standard InChI is InChI=1S/C21H28N2O4/c24-19-13-18(15-22(19)12-10-16-5-2-1-3-6-16)21(27)23-11-4-7-17(14-23)8-9-20(25)26/h1-3,5-6,17-18H,4,7-15H2,(H,25,26)/t17-,18-/m1/s1. The summed E-state index contributed by atoms with van der Waals surface area (Å²) in [6, 6.07) is 10.1. The van der Waals surface area contributed by atoms with Gasteiger partial charge in [0.25, 0.3) is 0 Å². The third-order valence-corrected chi connectivity index (χ3v) is 5.67. The van der Waals surface area contributed by atoms with Crippen LogP contribution in [0.25, 0.3) is 0 Å². The molecule has 2 aliphatic rings. The molecule has 2 heterocycles. The van der Waals surface area contributed by atoms with Gasteiger partial charge in [-0.1, -0.05) is 30.3 Å². The fourth-order valence-corrected chi connectivity index (χ4v) is 4.15.